The number of nitrogens with two attached hydrogens (primary N) is 1. The Labute approximate surface area is 79.0 Å². The molecule has 1 aromatic carbocycles. The zero-order chi connectivity index (χ0) is 9.36. The lowest BCUT2D eigenvalue weighted by Gasteiger charge is -1.96. The number of hydrogen-bond acceptors (Lipinski definition) is 2. The molecule has 0 saturated carbocycles. The van der Waals surface area contributed by atoms with Crippen molar-refractivity contribution >= 4 is 6.08 Å². The van der Waals surface area contributed by atoms with E-state index in [-0.39, 0.29) is 0 Å². The van der Waals surface area contributed by atoms with Crippen LogP contribution < -0.4 is 5.73 Å². The second-order valence-electron chi connectivity index (χ2n) is 2.68. The van der Waals surface area contributed by atoms with E-state index in [1.807, 2.05) is 30.4 Å². The topological polar surface area (TPSA) is 35.2 Å². The molecule has 0 aromatic heterocycles. The maximum Gasteiger partial charge on any atom is 0.0651 e. The Balaban J connectivity index is 2.25. The van der Waals surface area contributed by atoms with Crippen molar-refractivity contribution in [1.82, 2.24) is 0 Å². The Hall–Kier alpha value is -1.12. The van der Waals surface area contributed by atoms with Gasteiger partial charge in [0.2, 0.25) is 0 Å². The third-order valence-electron chi connectivity index (χ3n) is 1.59. The molecule has 0 radical (unpaired) electrons. The molecule has 0 aliphatic heterocycles. The summed E-state index contributed by atoms with van der Waals surface area (Å²) in [5.41, 5.74) is 6.47. The van der Waals surface area contributed by atoms with Crippen LogP contribution in [0.3, 0.4) is 0 Å². The fraction of sp³-hybridized carbons (Fsp3) is 0.273. The van der Waals surface area contributed by atoms with E-state index in [9.17, 15) is 0 Å². The predicted molar refractivity (Wildman–Crippen MR) is 55.3 cm³/mol. The Morgan fingerprint density at radius 1 is 1.23 bits per heavy atom. The third-order valence-corrected chi connectivity index (χ3v) is 1.59. The number of rotatable bonds is 5. The SMILES string of the molecule is NCCOCC=Cc1ccccc1. The first-order valence-electron chi connectivity index (χ1n) is 4.43. The molecule has 0 amide bonds. The van der Waals surface area contributed by atoms with Crippen molar-refractivity contribution in [2.24, 2.45) is 5.73 Å². The van der Waals surface area contributed by atoms with Crippen LogP contribution >= 0.6 is 0 Å². The Morgan fingerprint density at radius 2 is 2.00 bits per heavy atom. The van der Waals surface area contributed by atoms with Gasteiger partial charge in [-0.25, -0.2) is 0 Å². The summed E-state index contributed by atoms with van der Waals surface area (Å²) in [7, 11) is 0. The van der Waals surface area contributed by atoms with Crippen LogP contribution in [0.25, 0.3) is 6.08 Å². The van der Waals surface area contributed by atoms with E-state index in [0.29, 0.717) is 19.8 Å². The molecule has 0 bridgehead atoms. The van der Waals surface area contributed by atoms with Crippen LogP contribution in [0.4, 0.5) is 0 Å². The lowest BCUT2D eigenvalue weighted by atomic mass is 10.2. The molecule has 2 nitrogen and oxygen atoms in total. The maximum atomic E-state index is 5.27. The van der Waals surface area contributed by atoms with Gasteiger partial charge in [0.1, 0.15) is 0 Å². The molecule has 0 aliphatic rings. The average molecular weight is 177 g/mol. The highest BCUT2D eigenvalue weighted by atomic mass is 16.5. The number of ether oxygens (including phenoxy) is 1. The van der Waals surface area contributed by atoms with Crippen molar-refractivity contribution in [2.45, 2.75) is 0 Å². The molecule has 0 heterocycles. The molecule has 0 spiro atoms. The fourth-order valence-electron chi connectivity index (χ4n) is 0.983. The predicted octanol–water partition coefficient (Wildman–Crippen LogP) is 1.68. The van der Waals surface area contributed by atoms with E-state index < -0.39 is 0 Å². The Morgan fingerprint density at radius 3 is 2.69 bits per heavy atom. The lowest BCUT2D eigenvalue weighted by molar-refractivity contribution is 0.171. The Kier molecular flexibility index (Phi) is 4.91. The van der Waals surface area contributed by atoms with Gasteiger partial charge in [0.05, 0.1) is 13.2 Å². The lowest BCUT2D eigenvalue weighted by Crippen LogP contribution is -2.07. The number of hydrogen-bond donors (Lipinski definition) is 1. The summed E-state index contributed by atoms with van der Waals surface area (Å²) in [6.07, 6.45) is 4.03. The molecule has 2 heteroatoms. The zero-order valence-electron chi connectivity index (χ0n) is 7.65. The molecule has 0 fully saturated rings. The van der Waals surface area contributed by atoms with Gasteiger partial charge in [0, 0.05) is 6.54 Å². The van der Waals surface area contributed by atoms with Crippen LogP contribution in [0.2, 0.25) is 0 Å². The minimum Gasteiger partial charge on any atom is -0.376 e. The van der Waals surface area contributed by atoms with E-state index in [2.05, 4.69) is 12.1 Å². The van der Waals surface area contributed by atoms with Gasteiger partial charge in [-0.2, -0.15) is 0 Å². The molecular weight excluding hydrogens is 162 g/mol. The molecule has 0 aliphatic carbocycles. The highest BCUT2D eigenvalue weighted by Gasteiger charge is 1.82. The first kappa shape index (κ1) is 9.96. The summed E-state index contributed by atoms with van der Waals surface area (Å²) in [4.78, 5) is 0. The van der Waals surface area contributed by atoms with Crippen LogP contribution in [-0.2, 0) is 4.74 Å². The zero-order valence-corrected chi connectivity index (χ0v) is 7.65. The standard InChI is InChI=1S/C11H15NO/c12-8-10-13-9-4-7-11-5-2-1-3-6-11/h1-7H,8-10,12H2. The van der Waals surface area contributed by atoms with E-state index in [4.69, 9.17) is 10.5 Å². The van der Waals surface area contributed by atoms with Crippen LogP contribution in [0.15, 0.2) is 36.4 Å². The van der Waals surface area contributed by atoms with Gasteiger partial charge < -0.3 is 10.5 Å². The maximum absolute atomic E-state index is 5.27. The largest absolute Gasteiger partial charge is 0.376 e. The second-order valence-corrected chi connectivity index (χ2v) is 2.68. The first-order chi connectivity index (χ1) is 6.43. The first-order valence-corrected chi connectivity index (χ1v) is 4.43. The van der Waals surface area contributed by atoms with Crippen molar-refractivity contribution in [3.05, 3.63) is 42.0 Å². The van der Waals surface area contributed by atoms with E-state index in [0.717, 1.165) is 0 Å². The molecule has 0 saturated heterocycles. The average Bonchev–Trinajstić information content (AvgIpc) is 2.19. The minimum absolute atomic E-state index is 0.583. The van der Waals surface area contributed by atoms with Gasteiger partial charge in [-0.3, -0.25) is 0 Å². The highest BCUT2D eigenvalue weighted by Crippen LogP contribution is 2.00. The van der Waals surface area contributed by atoms with Gasteiger partial charge >= 0.3 is 0 Å². The Bertz CT molecular complexity index is 244. The summed E-state index contributed by atoms with van der Waals surface area (Å²) >= 11 is 0. The van der Waals surface area contributed by atoms with Crippen molar-refractivity contribution in [3.8, 4) is 0 Å². The summed E-state index contributed by atoms with van der Waals surface area (Å²) in [6, 6.07) is 10.1. The van der Waals surface area contributed by atoms with Gasteiger partial charge in [0.15, 0.2) is 0 Å². The molecular formula is C11H15NO. The summed E-state index contributed by atoms with van der Waals surface area (Å²) in [5.74, 6) is 0. The molecule has 2 N–H and O–H groups in total. The van der Waals surface area contributed by atoms with Gasteiger partial charge in [0.25, 0.3) is 0 Å². The van der Waals surface area contributed by atoms with Crippen LogP contribution in [0.1, 0.15) is 5.56 Å². The molecule has 13 heavy (non-hydrogen) atoms. The van der Waals surface area contributed by atoms with Crippen molar-refractivity contribution in [3.63, 3.8) is 0 Å². The molecule has 1 rings (SSSR count). The number of benzene rings is 1. The summed E-state index contributed by atoms with van der Waals surface area (Å²) < 4.78 is 5.19. The smallest absolute Gasteiger partial charge is 0.0651 e. The highest BCUT2D eigenvalue weighted by molar-refractivity contribution is 5.48. The third kappa shape index (κ3) is 4.45. The minimum atomic E-state index is 0.583. The van der Waals surface area contributed by atoms with Crippen LogP contribution in [0.5, 0.6) is 0 Å². The van der Waals surface area contributed by atoms with E-state index in [1.54, 1.807) is 0 Å². The fourth-order valence-corrected chi connectivity index (χ4v) is 0.983. The van der Waals surface area contributed by atoms with Gasteiger partial charge in [-0.15, -0.1) is 0 Å². The summed E-state index contributed by atoms with van der Waals surface area (Å²) in [5, 5.41) is 0. The van der Waals surface area contributed by atoms with Crippen LogP contribution in [-0.4, -0.2) is 19.8 Å². The van der Waals surface area contributed by atoms with Crippen molar-refractivity contribution in [1.29, 1.82) is 0 Å². The van der Waals surface area contributed by atoms with Crippen LogP contribution in [0, 0.1) is 0 Å². The molecule has 1 aromatic rings. The van der Waals surface area contributed by atoms with Crippen molar-refractivity contribution < 1.29 is 4.74 Å². The normalized spacial score (nSPS) is 10.8. The summed E-state index contributed by atoms with van der Waals surface area (Å²) in [6.45, 7) is 1.84. The monoisotopic (exact) mass is 177 g/mol. The molecule has 0 unspecified atom stereocenters. The van der Waals surface area contributed by atoms with Gasteiger partial charge in [-0.1, -0.05) is 42.5 Å². The molecule has 0 atom stereocenters. The van der Waals surface area contributed by atoms with Gasteiger partial charge in [-0.05, 0) is 5.56 Å². The van der Waals surface area contributed by atoms with E-state index >= 15 is 0 Å². The van der Waals surface area contributed by atoms with E-state index in [1.165, 1.54) is 5.56 Å². The second kappa shape index (κ2) is 6.40. The quantitative estimate of drug-likeness (QED) is 0.694. The molecule has 70 valence electrons. The van der Waals surface area contributed by atoms with Crippen molar-refractivity contribution in [2.75, 3.05) is 19.8 Å².